The maximum atomic E-state index is 12.2. The molecule has 2 rings (SSSR count). The topological polar surface area (TPSA) is 49.9 Å². The molecule has 1 aliphatic carbocycles. The van der Waals surface area contributed by atoms with Gasteiger partial charge in [-0.2, -0.15) is 0 Å². The predicted octanol–water partition coefficient (Wildman–Crippen LogP) is 2.65. The molecule has 21 heavy (non-hydrogen) atoms. The van der Waals surface area contributed by atoms with E-state index in [4.69, 9.17) is 27.9 Å². The van der Waals surface area contributed by atoms with E-state index in [1.54, 1.807) is 16.8 Å². The van der Waals surface area contributed by atoms with E-state index in [1.165, 1.54) is 0 Å². The van der Waals surface area contributed by atoms with Crippen molar-refractivity contribution in [1.29, 1.82) is 0 Å². The first-order chi connectivity index (χ1) is 9.51. The highest BCUT2D eigenvalue weighted by Crippen LogP contribution is 2.54. The minimum Gasteiger partial charge on any atom is -0.444 e. The molecule has 0 bridgehead atoms. The van der Waals surface area contributed by atoms with Crippen LogP contribution in [-0.4, -0.2) is 57.9 Å². The van der Waals surface area contributed by atoms with Gasteiger partial charge in [0.1, 0.15) is 9.93 Å². The predicted molar refractivity (Wildman–Crippen MR) is 81.5 cm³/mol. The lowest BCUT2D eigenvalue weighted by molar-refractivity contribution is -0.131. The van der Waals surface area contributed by atoms with Crippen molar-refractivity contribution >= 4 is 35.2 Å². The lowest BCUT2D eigenvalue weighted by Crippen LogP contribution is -2.43. The molecule has 5 nitrogen and oxygen atoms in total. The number of amides is 2. The zero-order valence-electron chi connectivity index (χ0n) is 12.9. The van der Waals surface area contributed by atoms with Crippen LogP contribution in [0, 0.1) is 5.92 Å². The van der Waals surface area contributed by atoms with Gasteiger partial charge in [-0.05, 0) is 33.6 Å². The molecular formula is C14H22Cl2N2O3. The third-order valence-electron chi connectivity index (χ3n) is 3.83. The van der Waals surface area contributed by atoms with Crippen LogP contribution in [0.25, 0.3) is 0 Å². The molecule has 1 saturated carbocycles. The van der Waals surface area contributed by atoms with Crippen LogP contribution in [0.3, 0.4) is 0 Å². The molecule has 1 saturated heterocycles. The molecule has 0 radical (unpaired) electrons. The average Bonchev–Trinajstić information content (AvgIpc) is 2.76. The van der Waals surface area contributed by atoms with E-state index in [9.17, 15) is 9.59 Å². The van der Waals surface area contributed by atoms with Gasteiger partial charge in [-0.15, -0.1) is 23.2 Å². The second-order valence-electron chi connectivity index (χ2n) is 6.84. The molecule has 7 heteroatoms. The van der Waals surface area contributed by atoms with Gasteiger partial charge in [-0.25, -0.2) is 4.79 Å². The number of halogens is 2. The van der Waals surface area contributed by atoms with Crippen molar-refractivity contribution in [2.75, 3.05) is 20.1 Å². The van der Waals surface area contributed by atoms with E-state index in [0.717, 1.165) is 6.42 Å². The Labute approximate surface area is 135 Å². The number of hydrogen-bond acceptors (Lipinski definition) is 3. The Bertz CT molecular complexity index is 448. The molecule has 0 aromatic carbocycles. The maximum Gasteiger partial charge on any atom is 0.410 e. The molecule has 2 aliphatic rings. The van der Waals surface area contributed by atoms with Crippen LogP contribution < -0.4 is 0 Å². The van der Waals surface area contributed by atoms with Crippen molar-refractivity contribution in [2.45, 2.75) is 49.6 Å². The third-order valence-corrected chi connectivity index (χ3v) is 4.66. The number of carbonyl (C=O) groups excluding carboxylic acids is 2. The van der Waals surface area contributed by atoms with Gasteiger partial charge in [-0.1, -0.05) is 0 Å². The summed E-state index contributed by atoms with van der Waals surface area (Å²) in [5.41, 5.74) is -0.523. The summed E-state index contributed by atoms with van der Waals surface area (Å²) >= 11 is 11.9. The fourth-order valence-electron chi connectivity index (χ4n) is 2.44. The average molecular weight is 337 g/mol. The first-order valence-corrected chi connectivity index (χ1v) is 7.89. The Kier molecular flexibility index (Phi) is 4.37. The molecule has 2 fully saturated rings. The van der Waals surface area contributed by atoms with Crippen LogP contribution >= 0.6 is 23.2 Å². The SMILES string of the molecule is CN(C(=O)OC(C)(C)C)[C@@H]1CCN(C(=O)[C@H]2CC2(Cl)Cl)C1. The van der Waals surface area contributed by atoms with Crippen LogP contribution in [0.1, 0.15) is 33.6 Å². The Morgan fingerprint density at radius 1 is 1.33 bits per heavy atom. The van der Waals surface area contributed by atoms with E-state index in [1.807, 2.05) is 20.8 Å². The van der Waals surface area contributed by atoms with E-state index in [2.05, 4.69) is 0 Å². The van der Waals surface area contributed by atoms with Crippen molar-refractivity contribution in [1.82, 2.24) is 9.80 Å². The number of likely N-dealkylation sites (N-methyl/N-ethyl adjacent to an activating group) is 1. The van der Waals surface area contributed by atoms with Crippen LogP contribution in [0.15, 0.2) is 0 Å². The van der Waals surface area contributed by atoms with E-state index < -0.39 is 9.93 Å². The Morgan fingerprint density at radius 3 is 2.38 bits per heavy atom. The highest BCUT2D eigenvalue weighted by molar-refractivity contribution is 6.52. The number of likely N-dealkylation sites (tertiary alicyclic amines) is 1. The molecule has 2 amide bonds. The monoisotopic (exact) mass is 336 g/mol. The normalized spacial score (nSPS) is 27.4. The van der Waals surface area contributed by atoms with Crippen LogP contribution in [0.4, 0.5) is 4.79 Å². The molecule has 0 unspecified atom stereocenters. The molecule has 0 aromatic rings. The summed E-state index contributed by atoms with van der Waals surface area (Å²) < 4.78 is 4.45. The largest absolute Gasteiger partial charge is 0.444 e. The van der Waals surface area contributed by atoms with Gasteiger partial charge in [0.25, 0.3) is 0 Å². The van der Waals surface area contributed by atoms with Crippen molar-refractivity contribution in [3.05, 3.63) is 0 Å². The summed E-state index contributed by atoms with van der Waals surface area (Å²) in [6, 6.07) is -0.0254. The summed E-state index contributed by atoms with van der Waals surface area (Å²) in [6.07, 6.45) is 0.890. The van der Waals surface area contributed by atoms with Crippen LogP contribution in [0.2, 0.25) is 0 Å². The number of alkyl halides is 2. The number of rotatable bonds is 2. The molecule has 120 valence electrons. The molecule has 0 spiro atoms. The van der Waals surface area contributed by atoms with Crippen molar-refractivity contribution in [2.24, 2.45) is 5.92 Å². The zero-order chi connectivity index (χ0) is 16.0. The summed E-state index contributed by atoms with van der Waals surface area (Å²) in [6.45, 7) is 6.62. The van der Waals surface area contributed by atoms with E-state index in [-0.39, 0.29) is 24.0 Å². The standard InChI is InChI=1S/C14H22Cl2N2O3/c1-13(2,3)21-12(20)17(4)9-5-6-18(8-9)11(19)10-7-14(10,15)16/h9-10H,5-8H2,1-4H3/t9-,10-/m1/s1. The molecular weight excluding hydrogens is 315 g/mol. The van der Waals surface area contributed by atoms with Gasteiger partial charge in [0, 0.05) is 20.1 Å². The second kappa shape index (κ2) is 5.51. The zero-order valence-corrected chi connectivity index (χ0v) is 14.4. The summed E-state index contributed by atoms with van der Waals surface area (Å²) in [5, 5.41) is 0. The first kappa shape index (κ1) is 16.7. The molecule has 2 atom stereocenters. The van der Waals surface area contributed by atoms with Gasteiger partial charge >= 0.3 is 6.09 Å². The Balaban J connectivity index is 1.87. The van der Waals surface area contributed by atoms with E-state index >= 15 is 0 Å². The molecule has 0 N–H and O–H groups in total. The van der Waals surface area contributed by atoms with E-state index in [0.29, 0.717) is 19.5 Å². The fourth-order valence-corrected chi connectivity index (χ4v) is 2.94. The quantitative estimate of drug-likeness (QED) is 0.728. The minimum atomic E-state index is -0.897. The maximum absolute atomic E-state index is 12.2. The minimum absolute atomic E-state index is 0.0138. The van der Waals surface area contributed by atoms with Crippen LogP contribution in [-0.2, 0) is 9.53 Å². The van der Waals surface area contributed by atoms with Crippen molar-refractivity contribution in [3.8, 4) is 0 Å². The van der Waals surface area contributed by atoms with Gasteiger partial charge in [-0.3, -0.25) is 4.79 Å². The van der Waals surface area contributed by atoms with Crippen LogP contribution in [0.5, 0.6) is 0 Å². The number of carbonyl (C=O) groups is 2. The Hall–Kier alpha value is -0.680. The number of nitrogens with zero attached hydrogens (tertiary/aromatic N) is 2. The Morgan fingerprint density at radius 2 is 1.90 bits per heavy atom. The lowest BCUT2D eigenvalue weighted by Gasteiger charge is -2.28. The van der Waals surface area contributed by atoms with Crippen molar-refractivity contribution in [3.63, 3.8) is 0 Å². The summed E-state index contributed by atoms with van der Waals surface area (Å²) in [7, 11) is 1.71. The van der Waals surface area contributed by atoms with Gasteiger partial charge in [0.15, 0.2) is 0 Å². The molecule has 0 aromatic heterocycles. The third kappa shape index (κ3) is 3.95. The van der Waals surface area contributed by atoms with Gasteiger partial charge in [0.05, 0.1) is 12.0 Å². The first-order valence-electron chi connectivity index (χ1n) is 7.14. The molecule has 1 heterocycles. The van der Waals surface area contributed by atoms with Gasteiger partial charge < -0.3 is 14.5 Å². The fraction of sp³-hybridized carbons (Fsp3) is 0.857. The van der Waals surface area contributed by atoms with Gasteiger partial charge in [0.2, 0.25) is 5.91 Å². The number of ether oxygens (including phenoxy) is 1. The summed E-state index contributed by atoms with van der Waals surface area (Å²) in [4.78, 5) is 27.6. The van der Waals surface area contributed by atoms with Crippen molar-refractivity contribution < 1.29 is 14.3 Å². The molecule has 1 aliphatic heterocycles. The highest BCUT2D eigenvalue weighted by Gasteiger charge is 2.58. The number of hydrogen-bond donors (Lipinski definition) is 0. The second-order valence-corrected chi connectivity index (χ2v) is 8.38. The lowest BCUT2D eigenvalue weighted by atomic mass is 10.2. The smallest absolute Gasteiger partial charge is 0.410 e. The summed E-state index contributed by atoms with van der Waals surface area (Å²) in [5.74, 6) is -0.313. The highest BCUT2D eigenvalue weighted by atomic mass is 35.5.